The van der Waals surface area contributed by atoms with Crippen molar-refractivity contribution in [3.63, 3.8) is 0 Å². The number of hydrogen-bond acceptors (Lipinski definition) is 4. The fraction of sp³-hybridized carbons (Fsp3) is 0.286. The maximum atomic E-state index is 7.39. The van der Waals surface area contributed by atoms with E-state index in [4.69, 9.17) is 17.0 Å². The van der Waals surface area contributed by atoms with Crippen LogP contribution in [0.2, 0.25) is 5.28 Å². The van der Waals surface area contributed by atoms with E-state index in [1.807, 2.05) is 0 Å². The van der Waals surface area contributed by atoms with Crippen molar-refractivity contribution in [1.29, 1.82) is 5.41 Å². The van der Waals surface area contributed by atoms with Crippen LogP contribution in [0.5, 0.6) is 0 Å². The van der Waals surface area contributed by atoms with Crippen LogP contribution in [0.15, 0.2) is 6.20 Å². The summed E-state index contributed by atoms with van der Waals surface area (Å²) in [6.07, 6.45) is 1.53. The summed E-state index contributed by atoms with van der Waals surface area (Å²) in [6, 6.07) is 0. The van der Waals surface area contributed by atoms with Crippen LogP contribution in [0.25, 0.3) is 0 Å². The Labute approximate surface area is 75.5 Å². The Kier molecular flexibility index (Phi) is 2.60. The third-order valence-electron chi connectivity index (χ3n) is 1.40. The minimum atomic E-state index is 0.185. The molecule has 0 fully saturated rings. The minimum Gasteiger partial charge on any atom is -0.372 e. The van der Waals surface area contributed by atoms with Crippen LogP contribution in [0, 0.1) is 5.41 Å². The molecule has 1 heterocycles. The molecule has 0 radical (unpaired) electrons. The third kappa shape index (κ3) is 1.71. The average molecular weight is 185 g/mol. The van der Waals surface area contributed by atoms with Crippen molar-refractivity contribution in [1.82, 2.24) is 9.97 Å². The number of nitrogens with one attached hydrogen (secondary N) is 2. The largest absolute Gasteiger partial charge is 0.372 e. The van der Waals surface area contributed by atoms with Crippen LogP contribution in [-0.4, -0.2) is 22.7 Å². The van der Waals surface area contributed by atoms with Gasteiger partial charge in [-0.1, -0.05) is 0 Å². The molecule has 1 aromatic heterocycles. The van der Waals surface area contributed by atoms with Crippen LogP contribution >= 0.6 is 11.6 Å². The van der Waals surface area contributed by atoms with E-state index in [2.05, 4.69) is 15.3 Å². The van der Waals surface area contributed by atoms with Gasteiger partial charge in [0.15, 0.2) is 0 Å². The Balaban J connectivity index is 3.20. The molecule has 12 heavy (non-hydrogen) atoms. The molecule has 0 bridgehead atoms. The summed E-state index contributed by atoms with van der Waals surface area (Å²) in [4.78, 5) is 7.70. The fourth-order valence-corrected chi connectivity index (χ4v) is 0.959. The van der Waals surface area contributed by atoms with Crippen molar-refractivity contribution >= 4 is 23.1 Å². The van der Waals surface area contributed by atoms with Gasteiger partial charge in [-0.25, -0.2) is 9.97 Å². The number of nitrogens with zero attached hydrogens (tertiary/aromatic N) is 2. The zero-order valence-corrected chi connectivity index (χ0v) is 7.61. The van der Waals surface area contributed by atoms with Gasteiger partial charge in [-0.2, -0.15) is 0 Å². The molecule has 0 aliphatic heterocycles. The molecular formula is C7H9ClN4. The van der Waals surface area contributed by atoms with Gasteiger partial charge in [0.1, 0.15) is 5.82 Å². The van der Waals surface area contributed by atoms with Crippen LogP contribution in [0.4, 0.5) is 5.82 Å². The second kappa shape index (κ2) is 3.49. The first-order valence-electron chi connectivity index (χ1n) is 3.41. The van der Waals surface area contributed by atoms with Gasteiger partial charge in [0.2, 0.25) is 5.28 Å². The molecule has 0 unspecified atom stereocenters. The van der Waals surface area contributed by atoms with Gasteiger partial charge >= 0.3 is 0 Å². The van der Waals surface area contributed by atoms with E-state index in [0.717, 1.165) is 0 Å². The second-order valence-electron chi connectivity index (χ2n) is 2.28. The predicted molar refractivity (Wildman–Crippen MR) is 49.1 cm³/mol. The molecule has 0 spiro atoms. The highest BCUT2D eigenvalue weighted by molar-refractivity contribution is 6.28. The van der Waals surface area contributed by atoms with Gasteiger partial charge in [-0.05, 0) is 18.5 Å². The predicted octanol–water partition coefficient (Wildman–Crippen LogP) is 1.56. The maximum Gasteiger partial charge on any atom is 0.224 e. The number of halogens is 1. The summed E-state index contributed by atoms with van der Waals surface area (Å²) >= 11 is 5.57. The molecular weight excluding hydrogens is 176 g/mol. The molecule has 0 aliphatic rings. The normalized spacial score (nSPS) is 9.58. The quantitative estimate of drug-likeness (QED) is 0.542. The maximum absolute atomic E-state index is 7.39. The van der Waals surface area contributed by atoms with Gasteiger partial charge in [0, 0.05) is 19.0 Å². The Hall–Kier alpha value is -1.16. The molecule has 0 amide bonds. The Bertz CT molecular complexity index is 310. The monoisotopic (exact) mass is 184 g/mol. The van der Waals surface area contributed by atoms with E-state index in [0.29, 0.717) is 17.1 Å². The molecule has 0 aliphatic carbocycles. The van der Waals surface area contributed by atoms with E-state index < -0.39 is 0 Å². The molecule has 4 nitrogen and oxygen atoms in total. The van der Waals surface area contributed by atoms with E-state index in [1.54, 1.807) is 14.0 Å². The van der Waals surface area contributed by atoms with Crippen molar-refractivity contribution in [2.24, 2.45) is 0 Å². The molecule has 5 heteroatoms. The zero-order chi connectivity index (χ0) is 9.14. The van der Waals surface area contributed by atoms with Crippen LogP contribution in [0.1, 0.15) is 12.5 Å². The molecule has 0 atom stereocenters. The molecule has 0 saturated carbocycles. The number of hydrogen-bond donors (Lipinski definition) is 2. The molecule has 64 valence electrons. The van der Waals surface area contributed by atoms with E-state index in [1.165, 1.54) is 6.20 Å². The van der Waals surface area contributed by atoms with Crippen LogP contribution in [-0.2, 0) is 0 Å². The Morgan fingerprint density at radius 1 is 1.67 bits per heavy atom. The van der Waals surface area contributed by atoms with E-state index in [9.17, 15) is 0 Å². The third-order valence-corrected chi connectivity index (χ3v) is 1.58. The zero-order valence-electron chi connectivity index (χ0n) is 6.85. The first-order valence-corrected chi connectivity index (χ1v) is 3.78. The smallest absolute Gasteiger partial charge is 0.224 e. The molecule has 1 aromatic rings. The van der Waals surface area contributed by atoms with Crippen molar-refractivity contribution in [3.05, 3.63) is 17.0 Å². The minimum absolute atomic E-state index is 0.185. The second-order valence-corrected chi connectivity index (χ2v) is 2.61. The van der Waals surface area contributed by atoms with Gasteiger partial charge in [-0.3, -0.25) is 0 Å². The van der Waals surface area contributed by atoms with Gasteiger partial charge in [-0.15, -0.1) is 0 Å². The van der Waals surface area contributed by atoms with Crippen molar-refractivity contribution in [3.8, 4) is 0 Å². The highest BCUT2D eigenvalue weighted by Crippen LogP contribution is 2.13. The summed E-state index contributed by atoms with van der Waals surface area (Å²) in [5.41, 5.74) is 1.08. The van der Waals surface area contributed by atoms with Gasteiger partial charge in [0.05, 0.1) is 5.56 Å². The lowest BCUT2D eigenvalue weighted by molar-refractivity contribution is 1.15. The number of anilines is 1. The lowest BCUT2D eigenvalue weighted by atomic mass is 10.2. The number of aromatic nitrogens is 2. The Morgan fingerprint density at radius 3 is 2.83 bits per heavy atom. The first kappa shape index (κ1) is 8.93. The number of rotatable bonds is 2. The summed E-state index contributed by atoms with van der Waals surface area (Å²) < 4.78 is 0. The van der Waals surface area contributed by atoms with E-state index >= 15 is 0 Å². The van der Waals surface area contributed by atoms with Gasteiger partial charge in [0.25, 0.3) is 0 Å². The molecule has 2 N–H and O–H groups in total. The van der Waals surface area contributed by atoms with E-state index in [-0.39, 0.29) is 5.28 Å². The summed E-state index contributed by atoms with van der Waals surface area (Å²) in [5.74, 6) is 0.586. The lowest BCUT2D eigenvalue weighted by Gasteiger charge is -2.04. The van der Waals surface area contributed by atoms with Crippen molar-refractivity contribution < 1.29 is 0 Å². The highest BCUT2D eigenvalue weighted by atomic mass is 35.5. The van der Waals surface area contributed by atoms with Crippen molar-refractivity contribution in [2.75, 3.05) is 12.4 Å². The van der Waals surface area contributed by atoms with Crippen molar-refractivity contribution in [2.45, 2.75) is 6.92 Å². The average Bonchev–Trinajstić information content (AvgIpc) is 2.03. The highest BCUT2D eigenvalue weighted by Gasteiger charge is 2.05. The topological polar surface area (TPSA) is 61.7 Å². The SMILES string of the molecule is CNc1nc(Cl)ncc1C(C)=N. The summed E-state index contributed by atoms with van der Waals surface area (Å²) in [5, 5.41) is 10.4. The summed E-state index contributed by atoms with van der Waals surface area (Å²) in [7, 11) is 1.73. The summed E-state index contributed by atoms with van der Waals surface area (Å²) in [6.45, 7) is 1.67. The van der Waals surface area contributed by atoms with Crippen LogP contribution < -0.4 is 5.32 Å². The Morgan fingerprint density at radius 2 is 2.33 bits per heavy atom. The fourth-order valence-electron chi connectivity index (χ4n) is 0.825. The van der Waals surface area contributed by atoms with Gasteiger partial charge < -0.3 is 10.7 Å². The first-order chi connectivity index (χ1) is 5.65. The molecule has 1 rings (SSSR count). The lowest BCUT2D eigenvalue weighted by Crippen LogP contribution is -2.03. The molecule has 0 saturated heterocycles. The molecule has 0 aromatic carbocycles. The standard InChI is InChI=1S/C7H9ClN4/c1-4(9)5-3-11-7(8)12-6(5)10-2/h3,9H,1-2H3,(H,10,11,12). The van der Waals surface area contributed by atoms with Crippen LogP contribution in [0.3, 0.4) is 0 Å².